The highest BCUT2D eigenvalue weighted by Crippen LogP contribution is 2.38. The van der Waals surface area contributed by atoms with Gasteiger partial charge in [-0.1, -0.05) is 29.8 Å². The molecule has 0 fully saturated rings. The highest BCUT2D eigenvalue weighted by molar-refractivity contribution is 6.33. The fourth-order valence-electron chi connectivity index (χ4n) is 2.85. The normalized spacial score (nSPS) is 12.2. The van der Waals surface area contributed by atoms with Gasteiger partial charge in [0.1, 0.15) is 24.2 Å². The van der Waals surface area contributed by atoms with E-state index in [0.717, 1.165) is 12.1 Å². The number of pyridine rings is 1. The van der Waals surface area contributed by atoms with Crippen LogP contribution in [0.15, 0.2) is 48.5 Å². The Hall–Kier alpha value is -3.27. The van der Waals surface area contributed by atoms with Crippen LogP contribution in [0.4, 0.5) is 8.78 Å². The summed E-state index contributed by atoms with van der Waals surface area (Å²) >= 11 is 6.28. The van der Waals surface area contributed by atoms with Gasteiger partial charge in [-0.15, -0.1) is 0 Å². The smallest absolute Gasteiger partial charge is 0.264 e. The number of aromatic nitrogens is 3. The Labute approximate surface area is 179 Å². The van der Waals surface area contributed by atoms with E-state index in [1.807, 2.05) is 0 Å². The second kappa shape index (κ2) is 8.84. The zero-order valence-electron chi connectivity index (χ0n) is 15.8. The molecule has 2 aromatic carbocycles. The maximum atomic E-state index is 14.1. The van der Waals surface area contributed by atoms with Crippen LogP contribution in [0.1, 0.15) is 0 Å². The van der Waals surface area contributed by atoms with Gasteiger partial charge in [-0.3, -0.25) is 5.10 Å². The van der Waals surface area contributed by atoms with E-state index in [-0.39, 0.29) is 24.0 Å². The van der Waals surface area contributed by atoms with Crippen LogP contribution in [0.25, 0.3) is 22.3 Å². The van der Waals surface area contributed by atoms with Crippen LogP contribution in [0.5, 0.6) is 17.4 Å². The molecular weight excluding hydrogens is 432 g/mol. The van der Waals surface area contributed by atoms with E-state index in [9.17, 15) is 13.9 Å². The molecule has 0 aliphatic carbocycles. The summed E-state index contributed by atoms with van der Waals surface area (Å²) in [5.41, 5.74) is 1.46. The van der Waals surface area contributed by atoms with Crippen molar-refractivity contribution in [2.45, 2.75) is 6.10 Å². The third-order valence-electron chi connectivity index (χ3n) is 4.35. The van der Waals surface area contributed by atoms with E-state index in [2.05, 4.69) is 15.2 Å². The van der Waals surface area contributed by atoms with Crippen LogP contribution in [-0.4, -0.2) is 44.7 Å². The molecule has 2 aromatic heterocycles. The molecule has 160 valence electrons. The minimum Gasteiger partial charge on any atom is -0.485 e. The predicted octanol–water partition coefficient (Wildman–Crippen LogP) is 4.08. The first-order chi connectivity index (χ1) is 15.0. The van der Waals surface area contributed by atoms with Crippen molar-refractivity contribution in [2.24, 2.45) is 0 Å². The van der Waals surface area contributed by atoms with Crippen molar-refractivity contribution in [3.8, 4) is 28.6 Å². The van der Waals surface area contributed by atoms with Crippen molar-refractivity contribution in [3.05, 3.63) is 65.2 Å². The molecule has 10 heteroatoms. The van der Waals surface area contributed by atoms with Crippen LogP contribution >= 0.6 is 11.6 Å². The molecule has 0 saturated heterocycles. The zero-order valence-corrected chi connectivity index (χ0v) is 16.6. The molecule has 4 aromatic rings. The maximum Gasteiger partial charge on any atom is 0.264 e. The molecule has 2 heterocycles. The van der Waals surface area contributed by atoms with Crippen LogP contribution < -0.4 is 9.47 Å². The summed E-state index contributed by atoms with van der Waals surface area (Å²) < 4.78 is 38.4. The van der Waals surface area contributed by atoms with E-state index in [4.69, 9.17) is 26.2 Å². The minimum absolute atomic E-state index is 0.0541. The van der Waals surface area contributed by atoms with Crippen LogP contribution in [0, 0.1) is 11.6 Å². The summed E-state index contributed by atoms with van der Waals surface area (Å²) in [7, 11) is 0. The molecule has 4 rings (SSSR count). The lowest BCUT2D eigenvalue weighted by Gasteiger charge is -2.14. The minimum atomic E-state index is -1.15. The number of hydrogen-bond donors (Lipinski definition) is 3. The van der Waals surface area contributed by atoms with Gasteiger partial charge in [0, 0.05) is 11.6 Å². The topological polar surface area (TPSA) is 100 Å². The number of halogens is 3. The summed E-state index contributed by atoms with van der Waals surface area (Å²) in [4.78, 5) is 4.30. The third kappa shape index (κ3) is 4.43. The van der Waals surface area contributed by atoms with Gasteiger partial charge in [-0.25, -0.2) is 8.78 Å². The average molecular weight is 448 g/mol. The van der Waals surface area contributed by atoms with Crippen molar-refractivity contribution < 1.29 is 28.5 Å². The fourth-order valence-corrected chi connectivity index (χ4v) is 3.07. The van der Waals surface area contributed by atoms with Gasteiger partial charge in [0.05, 0.1) is 17.0 Å². The second-order valence-electron chi connectivity index (χ2n) is 6.56. The number of nitrogens with one attached hydrogen (secondary N) is 1. The molecule has 31 heavy (non-hydrogen) atoms. The van der Waals surface area contributed by atoms with E-state index in [1.54, 1.807) is 30.3 Å². The number of ether oxygens (including phenoxy) is 2. The Bertz CT molecular complexity index is 1230. The van der Waals surface area contributed by atoms with Gasteiger partial charge in [0.2, 0.25) is 0 Å². The van der Waals surface area contributed by atoms with Gasteiger partial charge >= 0.3 is 0 Å². The molecule has 0 bridgehead atoms. The lowest BCUT2D eigenvalue weighted by atomic mass is 10.1. The number of hydrogen-bond acceptors (Lipinski definition) is 6. The molecular formula is C21H16ClF2N3O4. The standard InChI is InChI=1S/C21H16ClF2N3O4/c22-15-4-2-1-3-13(15)19-14-8-18(30-10-12(29)9-28)21(25-20(14)27-26-19)31-17-6-5-11(23)7-16(17)24/h1-8,12,28-29H,9-10H2,(H,25,26,27). The summed E-state index contributed by atoms with van der Waals surface area (Å²) in [6.45, 7) is -0.791. The van der Waals surface area contributed by atoms with Gasteiger partial charge in [0.25, 0.3) is 5.88 Å². The lowest BCUT2D eigenvalue weighted by Crippen LogP contribution is -2.21. The number of H-pyrrole nitrogens is 1. The molecule has 0 aliphatic heterocycles. The van der Waals surface area contributed by atoms with Gasteiger partial charge in [0.15, 0.2) is 23.0 Å². The average Bonchev–Trinajstić information content (AvgIpc) is 3.16. The molecule has 1 unspecified atom stereocenters. The molecule has 1 atom stereocenters. The van der Waals surface area contributed by atoms with Crippen molar-refractivity contribution in [3.63, 3.8) is 0 Å². The zero-order chi connectivity index (χ0) is 22.0. The maximum absolute atomic E-state index is 14.1. The highest BCUT2D eigenvalue weighted by atomic mass is 35.5. The monoisotopic (exact) mass is 447 g/mol. The number of aliphatic hydroxyl groups is 2. The molecule has 0 radical (unpaired) electrons. The Balaban J connectivity index is 1.79. The number of benzene rings is 2. The van der Waals surface area contributed by atoms with Gasteiger partial charge in [-0.2, -0.15) is 10.1 Å². The molecule has 0 saturated carbocycles. The Kier molecular flexibility index (Phi) is 5.99. The highest BCUT2D eigenvalue weighted by Gasteiger charge is 2.19. The van der Waals surface area contributed by atoms with Crippen LogP contribution in [0.3, 0.4) is 0 Å². The first-order valence-corrected chi connectivity index (χ1v) is 9.52. The van der Waals surface area contributed by atoms with Crippen molar-refractivity contribution in [2.75, 3.05) is 13.2 Å². The summed E-state index contributed by atoms with van der Waals surface area (Å²) in [6, 6.07) is 11.5. The van der Waals surface area contributed by atoms with Crippen molar-refractivity contribution >= 4 is 22.6 Å². The van der Waals surface area contributed by atoms with Gasteiger partial charge < -0.3 is 19.7 Å². The predicted molar refractivity (Wildman–Crippen MR) is 109 cm³/mol. The quantitative estimate of drug-likeness (QED) is 0.394. The van der Waals surface area contributed by atoms with E-state index < -0.39 is 24.3 Å². The summed E-state index contributed by atoms with van der Waals surface area (Å²) in [5.74, 6) is -2.04. The largest absolute Gasteiger partial charge is 0.485 e. The number of nitrogens with zero attached hydrogens (tertiary/aromatic N) is 2. The first-order valence-electron chi connectivity index (χ1n) is 9.15. The first kappa shape index (κ1) is 21.0. The SMILES string of the molecule is OCC(O)COc1cc2c(-c3ccccc3Cl)n[nH]c2nc1Oc1ccc(F)cc1F. The second-order valence-corrected chi connectivity index (χ2v) is 6.97. The number of aromatic amines is 1. The lowest BCUT2D eigenvalue weighted by molar-refractivity contribution is 0.0527. The van der Waals surface area contributed by atoms with Gasteiger partial charge in [-0.05, 0) is 24.3 Å². The fraction of sp³-hybridized carbons (Fsp3) is 0.143. The van der Waals surface area contributed by atoms with Crippen LogP contribution in [-0.2, 0) is 0 Å². The Morgan fingerprint density at radius 3 is 2.65 bits per heavy atom. The van der Waals surface area contributed by atoms with Crippen LogP contribution in [0.2, 0.25) is 5.02 Å². The molecule has 0 amide bonds. The van der Waals surface area contributed by atoms with Crippen molar-refractivity contribution in [1.29, 1.82) is 0 Å². The van der Waals surface area contributed by atoms with E-state index in [1.165, 1.54) is 0 Å². The third-order valence-corrected chi connectivity index (χ3v) is 4.68. The molecule has 7 nitrogen and oxygen atoms in total. The van der Waals surface area contributed by atoms with Crippen molar-refractivity contribution in [1.82, 2.24) is 15.2 Å². The summed E-state index contributed by atoms with van der Waals surface area (Å²) in [6.07, 6.45) is -1.15. The molecule has 3 N–H and O–H groups in total. The Morgan fingerprint density at radius 2 is 1.90 bits per heavy atom. The van der Waals surface area contributed by atoms with E-state index in [0.29, 0.717) is 33.4 Å². The molecule has 0 aliphatic rings. The number of fused-ring (bicyclic) bond motifs is 1. The number of rotatable bonds is 7. The summed E-state index contributed by atoms with van der Waals surface area (Å²) in [5, 5.41) is 26.7. The van der Waals surface area contributed by atoms with E-state index >= 15 is 0 Å². The number of aliphatic hydroxyl groups excluding tert-OH is 2. The Morgan fingerprint density at radius 1 is 1.10 bits per heavy atom. The molecule has 0 spiro atoms.